The predicted molar refractivity (Wildman–Crippen MR) is 72.6 cm³/mol. The lowest BCUT2D eigenvalue weighted by molar-refractivity contribution is -0.384. The van der Waals surface area contributed by atoms with E-state index in [4.69, 9.17) is 16.3 Å². The van der Waals surface area contributed by atoms with Gasteiger partial charge in [-0.15, -0.1) is 11.6 Å². The smallest absolute Gasteiger partial charge is 0.293 e. The number of ether oxygens (including phenoxy) is 1. The van der Waals surface area contributed by atoms with Crippen LogP contribution in [0.3, 0.4) is 0 Å². The van der Waals surface area contributed by atoms with Crippen LogP contribution in [-0.4, -0.2) is 35.7 Å². The number of rotatable bonds is 6. The SMILES string of the molecule is COc1ccc([N+](=O)[O-])c(NCC(O)CCl)c1Br. The Morgan fingerprint density at radius 2 is 2.33 bits per heavy atom. The van der Waals surface area contributed by atoms with Crippen LogP contribution in [0, 0.1) is 10.1 Å². The Morgan fingerprint density at radius 1 is 1.67 bits per heavy atom. The number of nitrogens with zero attached hydrogens (tertiary/aromatic N) is 1. The van der Waals surface area contributed by atoms with Gasteiger partial charge in [-0.05, 0) is 22.0 Å². The molecule has 1 atom stereocenters. The van der Waals surface area contributed by atoms with E-state index in [1.165, 1.54) is 19.2 Å². The maximum atomic E-state index is 10.9. The zero-order valence-electron chi connectivity index (χ0n) is 9.52. The first-order valence-electron chi connectivity index (χ1n) is 5.00. The van der Waals surface area contributed by atoms with Gasteiger partial charge in [-0.1, -0.05) is 0 Å². The lowest BCUT2D eigenvalue weighted by Crippen LogP contribution is -2.21. The van der Waals surface area contributed by atoms with Crippen molar-refractivity contribution in [2.24, 2.45) is 0 Å². The minimum Gasteiger partial charge on any atom is -0.495 e. The third-order valence-electron chi connectivity index (χ3n) is 2.19. The molecule has 0 amide bonds. The van der Waals surface area contributed by atoms with E-state index in [0.29, 0.717) is 10.2 Å². The van der Waals surface area contributed by atoms with Gasteiger partial charge in [0.25, 0.3) is 5.69 Å². The number of hydrogen-bond donors (Lipinski definition) is 2. The van der Waals surface area contributed by atoms with Gasteiger partial charge >= 0.3 is 0 Å². The highest BCUT2D eigenvalue weighted by atomic mass is 79.9. The number of methoxy groups -OCH3 is 1. The summed E-state index contributed by atoms with van der Waals surface area (Å²) in [5, 5.41) is 23.0. The Kier molecular flexibility index (Phi) is 5.64. The molecule has 0 radical (unpaired) electrons. The number of nitro groups is 1. The molecular formula is C10H12BrClN2O4. The zero-order chi connectivity index (χ0) is 13.7. The van der Waals surface area contributed by atoms with Crippen LogP contribution >= 0.6 is 27.5 Å². The number of hydrogen-bond acceptors (Lipinski definition) is 5. The summed E-state index contributed by atoms with van der Waals surface area (Å²) in [5.74, 6) is 0.506. The minimum atomic E-state index is -0.788. The van der Waals surface area contributed by atoms with E-state index in [-0.39, 0.29) is 23.8 Å². The molecule has 0 aliphatic heterocycles. The molecule has 0 heterocycles. The van der Waals surface area contributed by atoms with Crippen molar-refractivity contribution in [2.75, 3.05) is 24.9 Å². The zero-order valence-corrected chi connectivity index (χ0v) is 11.9. The number of aliphatic hydroxyl groups excluding tert-OH is 1. The molecule has 1 aromatic carbocycles. The van der Waals surface area contributed by atoms with E-state index in [1.807, 2.05) is 0 Å². The number of nitrogens with one attached hydrogen (secondary N) is 1. The van der Waals surface area contributed by atoms with Gasteiger partial charge in [-0.3, -0.25) is 10.1 Å². The van der Waals surface area contributed by atoms with Gasteiger partial charge in [0.1, 0.15) is 11.4 Å². The maximum absolute atomic E-state index is 10.9. The van der Waals surface area contributed by atoms with Crippen molar-refractivity contribution in [1.29, 1.82) is 0 Å². The molecule has 0 saturated heterocycles. The maximum Gasteiger partial charge on any atom is 0.293 e. The highest BCUT2D eigenvalue weighted by molar-refractivity contribution is 9.10. The molecule has 0 saturated carbocycles. The number of aliphatic hydroxyl groups is 1. The summed E-state index contributed by atoms with van der Waals surface area (Å²) in [5.41, 5.74) is 0.146. The molecule has 0 spiro atoms. The van der Waals surface area contributed by atoms with Crippen molar-refractivity contribution in [3.63, 3.8) is 0 Å². The fraction of sp³-hybridized carbons (Fsp3) is 0.400. The molecule has 1 rings (SSSR count). The van der Waals surface area contributed by atoms with Gasteiger partial charge < -0.3 is 15.2 Å². The van der Waals surface area contributed by atoms with Crippen LogP contribution in [-0.2, 0) is 0 Å². The predicted octanol–water partition coefficient (Wildman–Crippen LogP) is 2.38. The Bertz CT molecular complexity index is 444. The van der Waals surface area contributed by atoms with Crippen molar-refractivity contribution in [3.8, 4) is 5.75 Å². The molecule has 1 unspecified atom stereocenters. The molecule has 8 heteroatoms. The molecule has 0 aliphatic rings. The van der Waals surface area contributed by atoms with E-state index < -0.39 is 11.0 Å². The average Bonchev–Trinajstić information content (AvgIpc) is 2.36. The summed E-state index contributed by atoms with van der Waals surface area (Å²) in [4.78, 5) is 10.4. The second-order valence-corrected chi connectivity index (χ2v) is 4.52. The average molecular weight is 340 g/mol. The second kappa shape index (κ2) is 6.77. The lowest BCUT2D eigenvalue weighted by Gasteiger charge is -2.13. The van der Waals surface area contributed by atoms with E-state index in [1.54, 1.807) is 0 Å². The quantitative estimate of drug-likeness (QED) is 0.472. The van der Waals surface area contributed by atoms with E-state index in [2.05, 4.69) is 21.2 Å². The lowest BCUT2D eigenvalue weighted by atomic mass is 10.2. The van der Waals surface area contributed by atoms with Crippen molar-refractivity contribution < 1.29 is 14.8 Å². The van der Waals surface area contributed by atoms with Crippen molar-refractivity contribution in [1.82, 2.24) is 0 Å². The Balaban J connectivity index is 3.07. The van der Waals surface area contributed by atoms with Crippen LogP contribution < -0.4 is 10.1 Å². The summed E-state index contributed by atoms with van der Waals surface area (Å²) in [7, 11) is 1.46. The normalized spacial score (nSPS) is 12.0. The van der Waals surface area contributed by atoms with Crippen LogP contribution in [0.1, 0.15) is 0 Å². The van der Waals surface area contributed by atoms with Crippen LogP contribution in [0.2, 0.25) is 0 Å². The molecule has 0 bridgehead atoms. The minimum absolute atomic E-state index is 0.0440. The van der Waals surface area contributed by atoms with Crippen molar-refractivity contribution in [2.45, 2.75) is 6.10 Å². The number of benzene rings is 1. The molecular weight excluding hydrogens is 327 g/mol. The van der Waals surface area contributed by atoms with Crippen LogP contribution in [0.5, 0.6) is 5.75 Å². The number of nitro benzene ring substituents is 1. The summed E-state index contributed by atoms with van der Waals surface area (Å²) in [6, 6.07) is 2.82. The Labute approximate surface area is 117 Å². The van der Waals surface area contributed by atoms with Crippen LogP contribution in [0.25, 0.3) is 0 Å². The Morgan fingerprint density at radius 3 is 2.83 bits per heavy atom. The Hall–Kier alpha value is -1.05. The highest BCUT2D eigenvalue weighted by Crippen LogP contribution is 2.39. The molecule has 2 N–H and O–H groups in total. The number of anilines is 1. The summed E-state index contributed by atoms with van der Waals surface area (Å²) in [6.45, 7) is 0.107. The van der Waals surface area contributed by atoms with Gasteiger partial charge in [-0.25, -0.2) is 0 Å². The third kappa shape index (κ3) is 3.47. The molecule has 18 heavy (non-hydrogen) atoms. The molecule has 0 fully saturated rings. The fourth-order valence-electron chi connectivity index (χ4n) is 1.30. The summed E-state index contributed by atoms with van der Waals surface area (Å²) >= 11 is 8.68. The van der Waals surface area contributed by atoms with Gasteiger partial charge in [0, 0.05) is 12.6 Å². The van der Waals surface area contributed by atoms with Crippen LogP contribution in [0.15, 0.2) is 16.6 Å². The fourth-order valence-corrected chi connectivity index (χ4v) is 2.05. The molecule has 6 nitrogen and oxygen atoms in total. The monoisotopic (exact) mass is 338 g/mol. The molecule has 100 valence electrons. The first-order valence-corrected chi connectivity index (χ1v) is 6.32. The van der Waals surface area contributed by atoms with Crippen molar-refractivity contribution in [3.05, 3.63) is 26.7 Å². The second-order valence-electron chi connectivity index (χ2n) is 3.42. The van der Waals surface area contributed by atoms with Crippen molar-refractivity contribution >= 4 is 38.9 Å². The van der Waals surface area contributed by atoms with Gasteiger partial charge in [0.2, 0.25) is 0 Å². The third-order valence-corrected chi connectivity index (χ3v) is 3.34. The summed E-state index contributed by atoms with van der Waals surface area (Å²) in [6.07, 6.45) is -0.788. The first-order chi connectivity index (χ1) is 8.51. The molecule has 0 aliphatic carbocycles. The van der Waals surface area contributed by atoms with Crippen LogP contribution in [0.4, 0.5) is 11.4 Å². The van der Waals surface area contributed by atoms with Gasteiger partial charge in [0.05, 0.1) is 28.5 Å². The number of halogens is 2. The van der Waals surface area contributed by atoms with E-state index in [0.717, 1.165) is 0 Å². The van der Waals surface area contributed by atoms with Gasteiger partial charge in [-0.2, -0.15) is 0 Å². The summed E-state index contributed by atoms with van der Waals surface area (Å²) < 4.78 is 5.49. The first kappa shape index (κ1) is 15.0. The van der Waals surface area contributed by atoms with E-state index in [9.17, 15) is 15.2 Å². The number of alkyl halides is 1. The van der Waals surface area contributed by atoms with E-state index >= 15 is 0 Å². The topological polar surface area (TPSA) is 84.6 Å². The highest BCUT2D eigenvalue weighted by Gasteiger charge is 2.20. The molecule has 1 aromatic rings. The molecule has 0 aromatic heterocycles. The van der Waals surface area contributed by atoms with Gasteiger partial charge in [0.15, 0.2) is 0 Å². The standard InChI is InChI=1S/C10H12BrClN2O4/c1-18-8-3-2-7(14(16)17)10(9(8)11)13-5-6(15)4-12/h2-3,6,13,15H,4-5H2,1H3. The largest absolute Gasteiger partial charge is 0.495 e.